The second kappa shape index (κ2) is 6.80. The maximum absolute atomic E-state index is 10.5. The summed E-state index contributed by atoms with van der Waals surface area (Å²) < 4.78 is 0. The van der Waals surface area contributed by atoms with E-state index in [4.69, 9.17) is 0 Å². The molecule has 11 nitrogen and oxygen atoms in total. The van der Waals surface area contributed by atoms with Gasteiger partial charge in [0, 0.05) is 6.54 Å². The van der Waals surface area contributed by atoms with E-state index >= 15 is 0 Å². The van der Waals surface area contributed by atoms with Gasteiger partial charge in [0.15, 0.2) is 5.82 Å². The first-order valence-corrected chi connectivity index (χ1v) is 4.07. The number of hydrogen-bond donors (Lipinski definition) is 0. The zero-order chi connectivity index (χ0) is 12.3. The molecule has 1 aliphatic rings. The molecular weight excluding hydrogens is 265 g/mol. The van der Waals surface area contributed by atoms with Crippen LogP contribution in [0.5, 0.6) is 0 Å². The van der Waals surface area contributed by atoms with Gasteiger partial charge in [-0.3, -0.25) is 30.3 Å². The predicted octanol–water partition coefficient (Wildman–Crippen LogP) is -3.06. The molecule has 0 atom stereocenters. The van der Waals surface area contributed by atoms with E-state index in [9.17, 15) is 30.3 Å². The van der Waals surface area contributed by atoms with Crippen LogP contribution in [0.25, 0.3) is 5.32 Å². The molecule has 1 rings (SSSR count). The Morgan fingerprint density at radius 3 is 2.12 bits per heavy atom. The van der Waals surface area contributed by atoms with Gasteiger partial charge in [-0.15, -0.1) is 0 Å². The number of hydrazine groups is 1. The van der Waals surface area contributed by atoms with Gasteiger partial charge in [-0.1, -0.05) is 0 Å². The Morgan fingerprint density at radius 2 is 1.71 bits per heavy atom. The average molecular weight is 271 g/mol. The van der Waals surface area contributed by atoms with Crippen molar-refractivity contribution < 1.29 is 66.3 Å². The Labute approximate surface area is 137 Å². The van der Waals surface area contributed by atoms with Crippen molar-refractivity contribution in [2.24, 2.45) is 0 Å². The fourth-order valence-corrected chi connectivity index (χ4v) is 1.17. The van der Waals surface area contributed by atoms with Crippen molar-refractivity contribution in [1.82, 2.24) is 5.01 Å². The molecule has 12 heteroatoms. The minimum absolute atomic E-state index is 0. The van der Waals surface area contributed by atoms with Crippen LogP contribution < -0.4 is 51.4 Å². The molecule has 0 aliphatic carbocycles. The molecule has 0 aromatic rings. The fourth-order valence-electron chi connectivity index (χ4n) is 1.17. The molecular formula is C5H6KN5O6. The van der Waals surface area contributed by atoms with Gasteiger partial charge >= 0.3 is 57.2 Å². The van der Waals surface area contributed by atoms with Crippen LogP contribution in [-0.2, 0) is 0 Å². The van der Waals surface area contributed by atoms with Crippen LogP contribution >= 0.6 is 0 Å². The SMILES string of the molecule is O=[N+]([O-])C(=C1[N-]CCCN1[N+](=O)[O-])[N+](=O)[O-].[K+]. The Bertz CT molecular complexity index is 367. The van der Waals surface area contributed by atoms with Gasteiger partial charge in [-0.05, 0) is 13.0 Å². The van der Waals surface area contributed by atoms with E-state index in [1.165, 1.54) is 0 Å². The van der Waals surface area contributed by atoms with E-state index in [2.05, 4.69) is 5.32 Å². The molecule has 17 heavy (non-hydrogen) atoms. The minimum Gasteiger partial charge on any atom is -0.450 e. The molecule has 0 bridgehead atoms. The molecule has 0 radical (unpaired) electrons. The molecule has 1 aliphatic heterocycles. The second-order valence-corrected chi connectivity index (χ2v) is 2.76. The van der Waals surface area contributed by atoms with Crippen molar-refractivity contribution in [3.63, 3.8) is 0 Å². The molecule has 0 aromatic carbocycles. The summed E-state index contributed by atoms with van der Waals surface area (Å²) in [5.41, 5.74) is 0. The first-order valence-electron chi connectivity index (χ1n) is 4.07. The molecule has 0 aromatic heterocycles. The molecule has 0 amide bonds. The zero-order valence-electron chi connectivity index (χ0n) is 8.81. The maximum Gasteiger partial charge on any atom is 1.00 e. The molecule has 0 unspecified atom stereocenters. The van der Waals surface area contributed by atoms with Crippen LogP contribution in [0, 0.1) is 30.3 Å². The van der Waals surface area contributed by atoms with Crippen LogP contribution in [0.2, 0.25) is 0 Å². The second-order valence-electron chi connectivity index (χ2n) is 2.76. The van der Waals surface area contributed by atoms with E-state index in [1.807, 2.05) is 0 Å². The summed E-state index contributed by atoms with van der Waals surface area (Å²) in [6.07, 6.45) is 0.313. The third-order valence-corrected chi connectivity index (χ3v) is 1.78. The third-order valence-electron chi connectivity index (χ3n) is 1.78. The standard InChI is InChI=1S/C5H6N5O6.K/c11-8(12)5(9(13)14)4-6-2-1-3-7(4)10(15)16;/h1-3H2;/q-1;+1. The largest absolute Gasteiger partial charge is 1.00 e. The van der Waals surface area contributed by atoms with E-state index < -0.39 is 26.5 Å². The zero-order valence-corrected chi connectivity index (χ0v) is 11.9. The van der Waals surface area contributed by atoms with Crippen LogP contribution in [0.15, 0.2) is 11.6 Å². The summed E-state index contributed by atoms with van der Waals surface area (Å²) in [5.74, 6) is -2.29. The van der Waals surface area contributed by atoms with Gasteiger partial charge in [0.2, 0.25) is 0 Å². The van der Waals surface area contributed by atoms with Crippen LogP contribution in [0.1, 0.15) is 6.42 Å². The number of nitro groups is 3. The molecule has 0 spiro atoms. The molecule has 0 saturated carbocycles. The number of rotatable bonds is 3. The van der Waals surface area contributed by atoms with Gasteiger partial charge in [0.1, 0.15) is 9.85 Å². The van der Waals surface area contributed by atoms with Crippen molar-refractivity contribution in [2.45, 2.75) is 6.42 Å². The Morgan fingerprint density at radius 1 is 1.18 bits per heavy atom. The first kappa shape index (κ1) is 16.2. The summed E-state index contributed by atoms with van der Waals surface area (Å²) in [4.78, 5) is 28.7. The number of nitrogens with zero attached hydrogens (tertiary/aromatic N) is 5. The summed E-state index contributed by atoms with van der Waals surface area (Å²) in [7, 11) is 0. The van der Waals surface area contributed by atoms with Crippen LogP contribution in [0.4, 0.5) is 0 Å². The maximum atomic E-state index is 10.5. The van der Waals surface area contributed by atoms with E-state index in [1.54, 1.807) is 0 Å². The van der Waals surface area contributed by atoms with Gasteiger partial charge in [0.25, 0.3) is 0 Å². The molecule has 1 fully saturated rings. The van der Waals surface area contributed by atoms with E-state index in [0.29, 0.717) is 11.4 Å². The van der Waals surface area contributed by atoms with Crippen molar-refractivity contribution in [1.29, 1.82) is 0 Å². The van der Waals surface area contributed by atoms with Gasteiger partial charge in [-0.25, -0.2) is 0 Å². The topological polar surface area (TPSA) is 147 Å². The minimum atomic E-state index is -1.48. The first-order chi connectivity index (χ1) is 7.45. The van der Waals surface area contributed by atoms with Crippen molar-refractivity contribution in [3.05, 3.63) is 47.3 Å². The van der Waals surface area contributed by atoms with Crippen molar-refractivity contribution in [2.75, 3.05) is 13.1 Å². The number of hydrogen-bond acceptors (Lipinski definition) is 6. The molecule has 0 N–H and O–H groups in total. The van der Waals surface area contributed by atoms with Gasteiger partial charge < -0.3 is 5.32 Å². The Balaban J connectivity index is 0.00000256. The Hall–Kier alpha value is -0.824. The molecule has 88 valence electrons. The summed E-state index contributed by atoms with van der Waals surface area (Å²) >= 11 is 0. The molecule has 1 heterocycles. The van der Waals surface area contributed by atoms with Crippen LogP contribution in [0.3, 0.4) is 0 Å². The monoisotopic (exact) mass is 271 g/mol. The normalized spacial score (nSPS) is 14.4. The van der Waals surface area contributed by atoms with Crippen LogP contribution in [-0.4, -0.2) is 33.0 Å². The van der Waals surface area contributed by atoms with Gasteiger partial charge in [0.05, 0.1) is 5.03 Å². The summed E-state index contributed by atoms with van der Waals surface area (Å²) in [6.45, 7) is -0.0537. The van der Waals surface area contributed by atoms with Gasteiger partial charge in [-0.2, -0.15) is 5.01 Å². The summed E-state index contributed by atoms with van der Waals surface area (Å²) in [6, 6.07) is 0. The molecule has 1 saturated heterocycles. The van der Waals surface area contributed by atoms with Crippen molar-refractivity contribution >= 4 is 0 Å². The van der Waals surface area contributed by atoms with Crippen molar-refractivity contribution in [3.8, 4) is 0 Å². The average Bonchev–Trinajstić information content (AvgIpc) is 2.17. The van der Waals surface area contributed by atoms with E-state index in [-0.39, 0.29) is 64.5 Å². The smallest absolute Gasteiger partial charge is 0.450 e. The quantitative estimate of drug-likeness (QED) is 0.300. The fraction of sp³-hybridized carbons (Fsp3) is 0.600. The predicted molar refractivity (Wildman–Crippen MR) is 47.6 cm³/mol. The Kier molecular flexibility index (Phi) is 6.47. The van der Waals surface area contributed by atoms with E-state index in [0.717, 1.165) is 0 Å². The third kappa shape index (κ3) is 3.85. The summed E-state index contributed by atoms with van der Waals surface area (Å²) in [5, 5.41) is 34.1.